The van der Waals surface area contributed by atoms with Crippen molar-refractivity contribution in [1.82, 2.24) is 9.97 Å². The smallest absolute Gasteiger partial charge is 0.221 e. The molecule has 4 nitrogen and oxygen atoms in total. The van der Waals surface area contributed by atoms with E-state index in [2.05, 4.69) is 22.2 Å². The molecule has 0 radical (unpaired) electrons. The third-order valence-corrected chi connectivity index (χ3v) is 3.78. The van der Waals surface area contributed by atoms with Crippen LogP contribution in [0.3, 0.4) is 0 Å². The summed E-state index contributed by atoms with van der Waals surface area (Å²) in [7, 11) is 1.90. The molecule has 1 saturated carbocycles. The number of unbranched alkanes of at least 4 members (excludes halogenated alkanes) is 4. The van der Waals surface area contributed by atoms with Crippen LogP contribution >= 0.6 is 0 Å². The summed E-state index contributed by atoms with van der Waals surface area (Å²) < 4.78 is 5.89. The highest BCUT2D eigenvalue weighted by Gasteiger charge is 2.28. The Bertz CT molecular complexity index is 430. The summed E-state index contributed by atoms with van der Waals surface area (Å²) >= 11 is 0. The van der Waals surface area contributed by atoms with Crippen LogP contribution in [0.2, 0.25) is 0 Å². The Kier molecular flexibility index (Phi) is 5.62. The lowest BCUT2D eigenvalue weighted by Gasteiger charge is -2.13. The summed E-state index contributed by atoms with van der Waals surface area (Å²) in [6.45, 7) is 5.02. The molecule has 0 unspecified atom stereocenters. The Labute approximate surface area is 122 Å². The molecular weight excluding hydrogens is 250 g/mol. The minimum absolute atomic E-state index is 0.551. The van der Waals surface area contributed by atoms with Crippen LogP contribution in [0.1, 0.15) is 69.2 Å². The van der Waals surface area contributed by atoms with E-state index >= 15 is 0 Å². The van der Waals surface area contributed by atoms with Gasteiger partial charge in [0.1, 0.15) is 11.6 Å². The first-order valence-corrected chi connectivity index (χ1v) is 7.95. The van der Waals surface area contributed by atoms with Gasteiger partial charge in [-0.1, -0.05) is 32.6 Å². The number of rotatable bonds is 9. The Morgan fingerprint density at radius 3 is 2.55 bits per heavy atom. The van der Waals surface area contributed by atoms with Crippen LogP contribution in [0.15, 0.2) is 0 Å². The zero-order valence-corrected chi connectivity index (χ0v) is 13.0. The molecule has 0 amide bonds. The lowest BCUT2D eigenvalue weighted by molar-refractivity contribution is 0.290. The molecule has 0 bridgehead atoms. The van der Waals surface area contributed by atoms with Crippen LogP contribution in [0.5, 0.6) is 5.88 Å². The van der Waals surface area contributed by atoms with Gasteiger partial charge in [-0.3, -0.25) is 0 Å². The lowest BCUT2D eigenvalue weighted by atomic mass is 10.2. The molecule has 0 atom stereocenters. The van der Waals surface area contributed by atoms with E-state index in [-0.39, 0.29) is 0 Å². The van der Waals surface area contributed by atoms with Crippen LogP contribution in [-0.2, 0) is 0 Å². The fraction of sp³-hybridized carbons (Fsp3) is 0.750. The van der Waals surface area contributed by atoms with Gasteiger partial charge < -0.3 is 10.1 Å². The highest BCUT2D eigenvalue weighted by molar-refractivity contribution is 5.48. The molecule has 1 fully saturated rings. The second-order valence-electron chi connectivity index (χ2n) is 5.65. The summed E-state index contributed by atoms with van der Waals surface area (Å²) in [5, 5.41) is 3.15. The summed E-state index contributed by atoms with van der Waals surface area (Å²) in [5.41, 5.74) is 1.02. The minimum atomic E-state index is 0.551. The summed E-state index contributed by atoms with van der Waals surface area (Å²) in [5.74, 6) is 3.17. The van der Waals surface area contributed by atoms with Gasteiger partial charge in [0.25, 0.3) is 0 Å². The molecule has 1 aromatic heterocycles. The first-order valence-electron chi connectivity index (χ1n) is 7.95. The number of hydrogen-bond donors (Lipinski definition) is 1. The highest BCUT2D eigenvalue weighted by atomic mass is 16.5. The second-order valence-corrected chi connectivity index (χ2v) is 5.65. The van der Waals surface area contributed by atoms with Crippen molar-refractivity contribution in [3.8, 4) is 5.88 Å². The van der Waals surface area contributed by atoms with Gasteiger partial charge in [-0.25, -0.2) is 4.98 Å². The summed E-state index contributed by atoms with van der Waals surface area (Å²) in [6.07, 6.45) is 8.68. The predicted molar refractivity (Wildman–Crippen MR) is 82.5 cm³/mol. The van der Waals surface area contributed by atoms with Crippen molar-refractivity contribution >= 4 is 5.82 Å². The van der Waals surface area contributed by atoms with Crippen molar-refractivity contribution in [2.45, 2.75) is 64.7 Å². The van der Waals surface area contributed by atoms with Crippen molar-refractivity contribution in [3.05, 3.63) is 11.4 Å². The number of hydrogen-bond acceptors (Lipinski definition) is 4. The average molecular weight is 277 g/mol. The normalized spacial score (nSPS) is 14.3. The fourth-order valence-corrected chi connectivity index (χ4v) is 2.30. The Balaban J connectivity index is 1.90. The highest BCUT2D eigenvalue weighted by Crippen LogP contribution is 2.39. The van der Waals surface area contributed by atoms with Gasteiger partial charge in [0.2, 0.25) is 5.88 Å². The predicted octanol–water partition coefficient (Wildman–Crippen LogP) is 4.05. The third-order valence-electron chi connectivity index (χ3n) is 3.78. The van der Waals surface area contributed by atoms with E-state index in [0.717, 1.165) is 36.1 Å². The molecule has 1 aliphatic rings. The van der Waals surface area contributed by atoms with E-state index in [9.17, 15) is 0 Å². The largest absolute Gasteiger partial charge is 0.477 e. The molecule has 0 aliphatic heterocycles. The SMILES string of the molecule is CCCCCCCOc1nc(C2CC2)nc(NC)c1C. The standard InChI is InChI=1S/C16H27N3O/c1-4-5-6-7-8-11-20-16-12(2)14(17-3)18-15(19-16)13-9-10-13/h13H,4-11H2,1-3H3,(H,17,18,19). The Hall–Kier alpha value is -1.32. The number of nitrogens with one attached hydrogen (secondary N) is 1. The zero-order chi connectivity index (χ0) is 14.4. The van der Waals surface area contributed by atoms with Gasteiger partial charge in [-0.15, -0.1) is 0 Å². The Morgan fingerprint density at radius 1 is 1.15 bits per heavy atom. The summed E-state index contributed by atoms with van der Waals surface area (Å²) in [6, 6.07) is 0. The van der Waals surface area contributed by atoms with E-state index in [0.29, 0.717) is 5.92 Å². The van der Waals surface area contributed by atoms with Gasteiger partial charge in [0, 0.05) is 13.0 Å². The topological polar surface area (TPSA) is 47.0 Å². The molecule has 2 rings (SSSR count). The molecule has 1 aliphatic carbocycles. The molecule has 4 heteroatoms. The van der Waals surface area contributed by atoms with Crippen LogP contribution in [0, 0.1) is 6.92 Å². The van der Waals surface area contributed by atoms with Crippen molar-refractivity contribution in [2.75, 3.05) is 19.0 Å². The second kappa shape index (κ2) is 7.46. The quantitative estimate of drug-likeness (QED) is 0.692. The van der Waals surface area contributed by atoms with E-state index in [1.165, 1.54) is 38.5 Å². The maximum atomic E-state index is 5.89. The maximum absolute atomic E-state index is 5.89. The van der Waals surface area contributed by atoms with Crippen LogP contribution < -0.4 is 10.1 Å². The first-order chi connectivity index (χ1) is 9.76. The van der Waals surface area contributed by atoms with Crippen LogP contribution in [0.4, 0.5) is 5.82 Å². The number of anilines is 1. The van der Waals surface area contributed by atoms with Gasteiger partial charge >= 0.3 is 0 Å². The Morgan fingerprint density at radius 2 is 1.90 bits per heavy atom. The molecule has 1 N–H and O–H groups in total. The van der Waals surface area contributed by atoms with E-state index in [4.69, 9.17) is 4.74 Å². The van der Waals surface area contributed by atoms with Gasteiger partial charge in [0.15, 0.2) is 0 Å². The molecule has 0 spiro atoms. The van der Waals surface area contributed by atoms with Gasteiger partial charge in [0.05, 0.1) is 12.2 Å². The number of ether oxygens (including phenoxy) is 1. The molecule has 1 aromatic rings. The van der Waals surface area contributed by atoms with Crippen LogP contribution in [0.25, 0.3) is 0 Å². The molecular formula is C16H27N3O. The van der Waals surface area contributed by atoms with Gasteiger partial charge in [-0.05, 0) is 26.2 Å². The van der Waals surface area contributed by atoms with Crippen LogP contribution in [-0.4, -0.2) is 23.6 Å². The van der Waals surface area contributed by atoms with Crippen molar-refractivity contribution in [2.24, 2.45) is 0 Å². The maximum Gasteiger partial charge on any atom is 0.221 e. The monoisotopic (exact) mass is 277 g/mol. The first kappa shape index (κ1) is 15.1. The number of aromatic nitrogens is 2. The van der Waals surface area contributed by atoms with Gasteiger partial charge in [-0.2, -0.15) is 4.98 Å². The number of nitrogens with zero attached hydrogens (tertiary/aromatic N) is 2. The molecule has 1 heterocycles. The molecule has 20 heavy (non-hydrogen) atoms. The third kappa shape index (κ3) is 4.09. The fourth-order valence-electron chi connectivity index (χ4n) is 2.30. The van der Waals surface area contributed by atoms with E-state index in [1.54, 1.807) is 0 Å². The molecule has 0 aromatic carbocycles. The molecule has 0 saturated heterocycles. The van der Waals surface area contributed by atoms with E-state index < -0.39 is 0 Å². The average Bonchev–Trinajstić information content (AvgIpc) is 3.29. The zero-order valence-electron chi connectivity index (χ0n) is 13.0. The summed E-state index contributed by atoms with van der Waals surface area (Å²) in [4.78, 5) is 9.18. The van der Waals surface area contributed by atoms with Crippen molar-refractivity contribution in [3.63, 3.8) is 0 Å². The van der Waals surface area contributed by atoms with Crippen molar-refractivity contribution < 1.29 is 4.74 Å². The van der Waals surface area contributed by atoms with E-state index in [1.807, 2.05) is 14.0 Å². The van der Waals surface area contributed by atoms with Crippen molar-refractivity contribution in [1.29, 1.82) is 0 Å². The molecule has 112 valence electrons. The lowest BCUT2D eigenvalue weighted by Crippen LogP contribution is -2.07. The minimum Gasteiger partial charge on any atom is -0.477 e.